The van der Waals surface area contributed by atoms with Gasteiger partial charge in [-0.1, -0.05) is 72.6 Å². The lowest BCUT2D eigenvalue weighted by molar-refractivity contribution is -0.147. The second-order valence-electron chi connectivity index (χ2n) is 14.0. The van der Waals surface area contributed by atoms with Crippen molar-refractivity contribution in [3.05, 3.63) is 34.3 Å². The van der Waals surface area contributed by atoms with E-state index in [4.69, 9.17) is 18.5 Å². The summed E-state index contributed by atoms with van der Waals surface area (Å²) >= 11 is 0. The van der Waals surface area contributed by atoms with Crippen molar-refractivity contribution in [2.45, 2.75) is 137 Å². The molecule has 6 atom stereocenters. The minimum Gasteiger partial charge on any atom is -0.499 e. The van der Waals surface area contributed by atoms with E-state index in [1.807, 2.05) is 6.92 Å². The lowest BCUT2D eigenvalue weighted by atomic mass is 9.85. The Kier molecular flexibility index (Phi) is 13.3. The standard InChI is InChI=1S/C34H55O10P/c1-21(2)11-8-12-22(3)13-9-14-23(4)15-10-17-34(7)18-16-26-19-28(24(5)25(6)30(26)42-34)43-45(39,40)44-32-29(37)33(38)41-31(32)27(36)20-35/h19,21-23,27,31,35-37H,8-18,20H2,1-7H3,(H,39,40). The van der Waals surface area contributed by atoms with Crippen LogP contribution in [0.1, 0.15) is 116 Å². The summed E-state index contributed by atoms with van der Waals surface area (Å²) < 4.78 is 34.7. The van der Waals surface area contributed by atoms with Gasteiger partial charge in [0.2, 0.25) is 11.5 Å². The van der Waals surface area contributed by atoms with Crippen LogP contribution in [0.4, 0.5) is 0 Å². The zero-order valence-electron chi connectivity index (χ0n) is 28.1. The third-order valence-electron chi connectivity index (χ3n) is 9.30. The van der Waals surface area contributed by atoms with Crippen molar-refractivity contribution in [1.82, 2.24) is 0 Å². The molecule has 0 fully saturated rings. The van der Waals surface area contributed by atoms with E-state index in [-0.39, 0.29) is 11.4 Å². The zero-order valence-corrected chi connectivity index (χ0v) is 29.0. The van der Waals surface area contributed by atoms with Crippen molar-refractivity contribution in [2.75, 3.05) is 6.61 Å². The molecule has 3 rings (SSSR count). The van der Waals surface area contributed by atoms with Crippen LogP contribution in [0.2, 0.25) is 0 Å². The van der Waals surface area contributed by atoms with Gasteiger partial charge in [-0.05, 0) is 87.0 Å². The van der Waals surface area contributed by atoms with Gasteiger partial charge in [0.25, 0.3) is 0 Å². The number of phosphoric acid groups is 1. The molecule has 0 saturated heterocycles. The van der Waals surface area contributed by atoms with E-state index in [1.54, 1.807) is 13.0 Å². The van der Waals surface area contributed by atoms with Gasteiger partial charge < -0.3 is 33.8 Å². The highest BCUT2D eigenvalue weighted by molar-refractivity contribution is 7.48. The number of benzene rings is 1. The zero-order chi connectivity index (χ0) is 33.5. The molecule has 0 aromatic heterocycles. The lowest BCUT2D eigenvalue weighted by Crippen LogP contribution is -2.36. The number of carbonyl (C=O) groups excluding carboxylic acids is 1. The van der Waals surface area contributed by atoms with E-state index in [9.17, 15) is 29.6 Å². The molecule has 1 aromatic rings. The fraction of sp³-hybridized carbons (Fsp3) is 0.735. The van der Waals surface area contributed by atoms with E-state index >= 15 is 0 Å². The summed E-state index contributed by atoms with van der Waals surface area (Å²) in [6.45, 7) is 14.2. The summed E-state index contributed by atoms with van der Waals surface area (Å²) in [6.07, 6.45) is 9.21. The summed E-state index contributed by atoms with van der Waals surface area (Å²) in [7, 11) is -4.95. The van der Waals surface area contributed by atoms with Crippen LogP contribution in [0.15, 0.2) is 17.6 Å². The van der Waals surface area contributed by atoms with E-state index < -0.39 is 44.1 Å². The molecular formula is C34H55O10P. The van der Waals surface area contributed by atoms with E-state index in [2.05, 4.69) is 34.6 Å². The molecule has 2 aliphatic rings. The van der Waals surface area contributed by atoms with E-state index in [0.717, 1.165) is 48.0 Å². The summed E-state index contributed by atoms with van der Waals surface area (Å²) in [5, 5.41) is 29.1. The molecule has 0 radical (unpaired) electrons. The van der Waals surface area contributed by atoms with Gasteiger partial charge in [0.05, 0.1) is 6.61 Å². The lowest BCUT2D eigenvalue weighted by Gasteiger charge is -2.37. The van der Waals surface area contributed by atoms with Gasteiger partial charge >= 0.3 is 13.8 Å². The highest BCUT2D eigenvalue weighted by Crippen LogP contribution is 2.51. The van der Waals surface area contributed by atoms with Crippen molar-refractivity contribution in [2.24, 2.45) is 17.8 Å². The Labute approximate surface area is 268 Å². The number of cyclic esters (lactones) is 1. The van der Waals surface area contributed by atoms with Gasteiger partial charge in [0, 0.05) is 0 Å². The molecule has 0 bridgehead atoms. The summed E-state index contributed by atoms with van der Waals surface area (Å²) in [6, 6.07) is 1.65. The number of carbonyl (C=O) groups is 1. The number of esters is 1. The number of aryl methyl sites for hydroxylation is 1. The maximum atomic E-state index is 12.9. The van der Waals surface area contributed by atoms with Crippen LogP contribution < -0.4 is 9.26 Å². The number of rotatable bonds is 18. The van der Waals surface area contributed by atoms with Gasteiger partial charge in [0.15, 0.2) is 6.10 Å². The van der Waals surface area contributed by atoms with Crippen molar-refractivity contribution >= 4 is 13.8 Å². The Morgan fingerprint density at radius 1 is 1.00 bits per heavy atom. The quantitative estimate of drug-likeness (QED) is 0.0932. The van der Waals surface area contributed by atoms with Crippen LogP contribution in [0.5, 0.6) is 11.5 Å². The average molecular weight is 655 g/mol. The smallest absolute Gasteiger partial charge is 0.499 e. The van der Waals surface area contributed by atoms with Gasteiger partial charge in [0.1, 0.15) is 23.2 Å². The van der Waals surface area contributed by atoms with Gasteiger partial charge in [-0.25, -0.2) is 9.36 Å². The Bertz CT molecular complexity index is 1240. The van der Waals surface area contributed by atoms with Crippen LogP contribution in [0.25, 0.3) is 0 Å². The van der Waals surface area contributed by atoms with Crippen LogP contribution in [-0.4, -0.2) is 50.6 Å². The number of ether oxygens (including phenoxy) is 2. The van der Waals surface area contributed by atoms with Gasteiger partial charge in [-0.3, -0.25) is 4.89 Å². The molecule has 256 valence electrons. The number of aliphatic hydroxyl groups excluding tert-OH is 3. The molecule has 0 amide bonds. The molecule has 45 heavy (non-hydrogen) atoms. The molecule has 0 saturated carbocycles. The van der Waals surface area contributed by atoms with Crippen molar-refractivity contribution < 1.29 is 48.1 Å². The summed E-state index contributed by atoms with van der Waals surface area (Å²) in [4.78, 5) is 22.3. The molecule has 2 heterocycles. The summed E-state index contributed by atoms with van der Waals surface area (Å²) in [5.41, 5.74) is 1.89. The van der Waals surface area contributed by atoms with Crippen LogP contribution in [-0.2, 0) is 25.0 Å². The Hall–Kier alpha value is -2.26. The van der Waals surface area contributed by atoms with E-state index in [1.165, 1.54) is 44.9 Å². The monoisotopic (exact) mass is 654 g/mol. The molecule has 6 unspecified atom stereocenters. The number of phosphoric ester groups is 1. The van der Waals surface area contributed by atoms with Crippen LogP contribution in [0, 0.1) is 31.6 Å². The Balaban J connectivity index is 1.55. The molecule has 4 N–H and O–H groups in total. The van der Waals surface area contributed by atoms with Crippen LogP contribution in [0.3, 0.4) is 0 Å². The SMILES string of the molecule is Cc1c(OP(=O)(O)OC2=C(O)C(=O)OC2C(O)CO)cc2c(c1C)OC(C)(CCCC(C)CCCC(C)CCCC(C)C)CC2. The fourth-order valence-corrected chi connectivity index (χ4v) is 7.11. The minimum atomic E-state index is -4.95. The number of hydrogen-bond donors (Lipinski definition) is 4. The third kappa shape index (κ3) is 10.4. The topological polar surface area (TPSA) is 152 Å². The second-order valence-corrected chi connectivity index (χ2v) is 15.3. The maximum absolute atomic E-state index is 12.9. The third-order valence-corrected chi connectivity index (χ3v) is 10.2. The largest absolute Gasteiger partial charge is 0.584 e. The first-order valence-electron chi connectivity index (χ1n) is 16.5. The van der Waals surface area contributed by atoms with E-state index in [0.29, 0.717) is 17.9 Å². The molecule has 0 aliphatic carbocycles. The second kappa shape index (κ2) is 16.0. The predicted molar refractivity (Wildman–Crippen MR) is 172 cm³/mol. The minimum absolute atomic E-state index is 0.0944. The van der Waals surface area contributed by atoms with Crippen LogP contribution >= 0.6 is 7.82 Å². The first kappa shape index (κ1) is 37.2. The number of fused-ring (bicyclic) bond motifs is 1. The molecule has 1 aromatic carbocycles. The maximum Gasteiger partial charge on any atom is 0.584 e. The molecule has 2 aliphatic heterocycles. The number of aliphatic hydroxyl groups is 3. The average Bonchev–Trinajstić information content (AvgIpc) is 3.23. The Morgan fingerprint density at radius 2 is 1.60 bits per heavy atom. The normalized spacial score (nSPS) is 23.2. The van der Waals surface area contributed by atoms with Gasteiger partial charge in [-0.15, -0.1) is 0 Å². The highest BCUT2D eigenvalue weighted by atomic mass is 31.2. The predicted octanol–water partition coefficient (Wildman–Crippen LogP) is 7.37. The van der Waals surface area contributed by atoms with Gasteiger partial charge in [-0.2, -0.15) is 0 Å². The fourth-order valence-electron chi connectivity index (χ4n) is 6.20. The highest BCUT2D eigenvalue weighted by Gasteiger charge is 2.45. The number of hydrogen-bond acceptors (Lipinski definition) is 9. The molecule has 0 spiro atoms. The molecule has 10 nitrogen and oxygen atoms in total. The Morgan fingerprint density at radius 3 is 2.20 bits per heavy atom. The molecular weight excluding hydrogens is 599 g/mol. The van der Waals surface area contributed by atoms with Crippen molar-refractivity contribution in [3.63, 3.8) is 0 Å². The first-order chi connectivity index (χ1) is 21.1. The summed E-state index contributed by atoms with van der Waals surface area (Å²) in [5.74, 6) is 0.0136. The van der Waals surface area contributed by atoms with Crippen molar-refractivity contribution in [1.29, 1.82) is 0 Å². The first-order valence-corrected chi connectivity index (χ1v) is 18.0. The molecule has 11 heteroatoms. The van der Waals surface area contributed by atoms with Crippen molar-refractivity contribution in [3.8, 4) is 11.5 Å².